The fourth-order valence-electron chi connectivity index (χ4n) is 3.31. The van der Waals surface area contributed by atoms with Gasteiger partial charge >= 0.3 is 6.09 Å². The number of nitrogens with zero attached hydrogens (tertiary/aromatic N) is 1. The molecule has 5 nitrogen and oxygen atoms in total. The SMILES string of the molecule is C[C@H](CN(C(=O)O)C(C)(C)C)[C@@H](c1cc(F)ccc1F)S(=O)(=O)c1ccc(Cl)cc1. The molecule has 2 aromatic rings. The van der Waals surface area contributed by atoms with Crippen molar-refractivity contribution < 1.29 is 27.1 Å². The molecule has 0 aliphatic carbocycles. The molecule has 2 rings (SSSR count). The van der Waals surface area contributed by atoms with Gasteiger partial charge in [0.05, 0.1) is 10.1 Å². The Labute approximate surface area is 180 Å². The summed E-state index contributed by atoms with van der Waals surface area (Å²) in [7, 11) is -4.21. The second-order valence-corrected chi connectivity index (χ2v) is 10.6. The van der Waals surface area contributed by atoms with Gasteiger partial charge in [-0.05, 0) is 69.2 Å². The molecule has 1 N–H and O–H groups in total. The molecule has 0 heterocycles. The summed E-state index contributed by atoms with van der Waals surface area (Å²) in [6.07, 6.45) is -1.24. The third kappa shape index (κ3) is 5.29. The predicted octanol–water partition coefficient (Wildman–Crippen LogP) is 5.55. The van der Waals surface area contributed by atoms with Crippen LogP contribution in [-0.4, -0.2) is 36.6 Å². The lowest BCUT2D eigenvalue weighted by Gasteiger charge is -2.37. The van der Waals surface area contributed by atoms with E-state index in [0.717, 1.165) is 23.1 Å². The predicted molar refractivity (Wildman–Crippen MR) is 111 cm³/mol. The minimum Gasteiger partial charge on any atom is -0.465 e. The van der Waals surface area contributed by atoms with Crippen LogP contribution in [0.5, 0.6) is 0 Å². The molecule has 9 heteroatoms. The molecule has 0 saturated carbocycles. The Morgan fingerprint density at radius 3 is 2.20 bits per heavy atom. The van der Waals surface area contributed by atoms with Crippen LogP contribution < -0.4 is 0 Å². The van der Waals surface area contributed by atoms with Crippen molar-refractivity contribution in [2.45, 2.75) is 43.4 Å². The maximum Gasteiger partial charge on any atom is 0.407 e. The van der Waals surface area contributed by atoms with Crippen molar-refractivity contribution in [1.82, 2.24) is 4.90 Å². The summed E-state index contributed by atoms with van der Waals surface area (Å²) in [6, 6.07) is 7.94. The molecule has 0 bridgehead atoms. The first-order valence-corrected chi connectivity index (χ1v) is 11.1. The third-order valence-electron chi connectivity index (χ3n) is 4.77. The quantitative estimate of drug-likeness (QED) is 0.614. The van der Waals surface area contributed by atoms with Crippen molar-refractivity contribution in [3.8, 4) is 0 Å². The highest BCUT2D eigenvalue weighted by molar-refractivity contribution is 7.91. The second kappa shape index (κ2) is 8.89. The molecule has 0 unspecified atom stereocenters. The normalized spacial score (nSPS) is 14.2. The number of amides is 1. The fourth-order valence-corrected chi connectivity index (χ4v) is 5.45. The minimum absolute atomic E-state index is 0.120. The van der Waals surface area contributed by atoms with Gasteiger partial charge in [0.2, 0.25) is 0 Å². The van der Waals surface area contributed by atoms with Gasteiger partial charge in [0.25, 0.3) is 0 Å². The summed E-state index contributed by atoms with van der Waals surface area (Å²) in [5, 5.41) is 8.39. The minimum atomic E-state index is -4.21. The molecule has 0 radical (unpaired) electrons. The van der Waals surface area contributed by atoms with Crippen LogP contribution >= 0.6 is 11.6 Å². The number of rotatable bonds is 6. The highest BCUT2D eigenvalue weighted by Crippen LogP contribution is 2.38. The zero-order valence-corrected chi connectivity index (χ0v) is 18.6. The van der Waals surface area contributed by atoms with Gasteiger partial charge in [-0.1, -0.05) is 18.5 Å². The Morgan fingerprint density at radius 2 is 1.70 bits per heavy atom. The molecule has 2 aromatic carbocycles. The van der Waals surface area contributed by atoms with E-state index in [1.54, 1.807) is 20.8 Å². The lowest BCUT2D eigenvalue weighted by atomic mass is 9.97. The van der Waals surface area contributed by atoms with Crippen LogP contribution in [0.25, 0.3) is 0 Å². The van der Waals surface area contributed by atoms with Crippen molar-refractivity contribution in [3.63, 3.8) is 0 Å². The number of carbonyl (C=O) groups is 1. The number of carboxylic acid groups (broad SMARTS) is 1. The average Bonchev–Trinajstić information content (AvgIpc) is 2.61. The summed E-state index contributed by atoms with van der Waals surface area (Å²) in [5.74, 6) is -2.57. The maximum absolute atomic E-state index is 14.6. The van der Waals surface area contributed by atoms with Crippen LogP contribution in [0.1, 0.15) is 38.5 Å². The maximum atomic E-state index is 14.6. The molecule has 0 aromatic heterocycles. The standard InChI is InChI=1S/C21H24ClF2NO4S/c1-13(12-25(20(26)27)21(2,3)4)19(17-11-15(23)7-10-18(17)24)30(28,29)16-8-5-14(22)6-9-16/h5-11,13,19H,12H2,1-4H3,(H,26,27)/t13-,19+/m1/s1. The van der Waals surface area contributed by atoms with Crippen LogP contribution in [0.2, 0.25) is 5.02 Å². The smallest absolute Gasteiger partial charge is 0.407 e. The Kier molecular flexibility index (Phi) is 7.14. The molecular weight excluding hydrogens is 436 g/mol. The number of sulfone groups is 1. The first-order chi connectivity index (χ1) is 13.7. The molecule has 164 valence electrons. The van der Waals surface area contributed by atoms with Crippen molar-refractivity contribution in [2.75, 3.05) is 6.54 Å². The zero-order valence-electron chi connectivity index (χ0n) is 17.1. The van der Waals surface area contributed by atoms with Crippen LogP contribution in [0.15, 0.2) is 47.4 Å². The van der Waals surface area contributed by atoms with E-state index < -0.39 is 44.3 Å². The van der Waals surface area contributed by atoms with Gasteiger partial charge in [0, 0.05) is 22.7 Å². The van der Waals surface area contributed by atoms with E-state index in [4.69, 9.17) is 11.6 Å². The Hall–Kier alpha value is -2.19. The number of hydrogen-bond donors (Lipinski definition) is 1. The number of halogens is 3. The molecular formula is C21H24ClF2NO4S. The molecule has 0 saturated heterocycles. The van der Waals surface area contributed by atoms with Gasteiger partial charge in [-0.2, -0.15) is 0 Å². The highest BCUT2D eigenvalue weighted by atomic mass is 35.5. The van der Waals surface area contributed by atoms with Gasteiger partial charge in [-0.3, -0.25) is 0 Å². The number of benzene rings is 2. The molecule has 1 amide bonds. The van der Waals surface area contributed by atoms with Gasteiger partial charge in [-0.15, -0.1) is 0 Å². The van der Waals surface area contributed by atoms with E-state index in [9.17, 15) is 27.1 Å². The molecule has 0 aliphatic heterocycles. The Balaban J connectivity index is 2.63. The zero-order chi connectivity index (χ0) is 22.9. The number of hydrogen-bond acceptors (Lipinski definition) is 3. The van der Waals surface area contributed by atoms with E-state index in [1.807, 2.05) is 0 Å². The molecule has 0 spiro atoms. The van der Waals surface area contributed by atoms with Gasteiger partial charge in [0.15, 0.2) is 9.84 Å². The summed E-state index contributed by atoms with van der Waals surface area (Å²) >= 11 is 5.84. The third-order valence-corrected chi connectivity index (χ3v) is 7.34. The topological polar surface area (TPSA) is 74.7 Å². The first-order valence-electron chi connectivity index (χ1n) is 9.20. The highest BCUT2D eigenvalue weighted by Gasteiger charge is 2.39. The van der Waals surface area contributed by atoms with E-state index in [-0.39, 0.29) is 17.0 Å². The van der Waals surface area contributed by atoms with E-state index in [1.165, 1.54) is 31.2 Å². The van der Waals surface area contributed by atoms with Crippen molar-refractivity contribution in [2.24, 2.45) is 5.92 Å². The average molecular weight is 460 g/mol. The van der Waals surface area contributed by atoms with Crippen LogP contribution in [0.3, 0.4) is 0 Å². The lowest BCUT2D eigenvalue weighted by molar-refractivity contribution is 0.0897. The lowest BCUT2D eigenvalue weighted by Crippen LogP contribution is -2.48. The van der Waals surface area contributed by atoms with E-state index in [2.05, 4.69) is 0 Å². The summed E-state index contributed by atoms with van der Waals surface area (Å²) in [4.78, 5) is 12.7. The van der Waals surface area contributed by atoms with Crippen molar-refractivity contribution >= 4 is 27.5 Å². The second-order valence-electron chi connectivity index (χ2n) is 8.13. The van der Waals surface area contributed by atoms with Gasteiger partial charge < -0.3 is 10.0 Å². The van der Waals surface area contributed by atoms with Gasteiger partial charge in [-0.25, -0.2) is 22.0 Å². The largest absolute Gasteiger partial charge is 0.465 e. The molecule has 0 fully saturated rings. The molecule has 0 aliphatic rings. The van der Waals surface area contributed by atoms with Crippen LogP contribution in [0, 0.1) is 17.6 Å². The van der Waals surface area contributed by atoms with Crippen LogP contribution in [0.4, 0.5) is 13.6 Å². The molecule has 2 atom stereocenters. The van der Waals surface area contributed by atoms with Crippen molar-refractivity contribution in [1.29, 1.82) is 0 Å². The van der Waals surface area contributed by atoms with E-state index >= 15 is 0 Å². The fraction of sp³-hybridized carbons (Fsp3) is 0.381. The summed E-state index contributed by atoms with van der Waals surface area (Å²) in [5.41, 5.74) is -1.17. The van der Waals surface area contributed by atoms with Crippen LogP contribution in [-0.2, 0) is 9.84 Å². The van der Waals surface area contributed by atoms with E-state index in [0.29, 0.717) is 5.02 Å². The first kappa shape index (κ1) is 24.1. The van der Waals surface area contributed by atoms with Gasteiger partial charge in [0.1, 0.15) is 11.6 Å². The Bertz CT molecular complexity index is 1020. The summed E-state index contributed by atoms with van der Waals surface area (Å²) in [6.45, 7) is 6.30. The molecule has 30 heavy (non-hydrogen) atoms. The monoisotopic (exact) mass is 459 g/mol. The Morgan fingerprint density at radius 1 is 1.13 bits per heavy atom. The van der Waals surface area contributed by atoms with Crippen molar-refractivity contribution in [3.05, 3.63) is 64.7 Å². The summed E-state index contributed by atoms with van der Waals surface area (Å²) < 4.78 is 55.5.